The van der Waals surface area contributed by atoms with Crippen LogP contribution in [0, 0.1) is 21.4 Å². The number of fused-ring (bicyclic) bond motifs is 1. The summed E-state index contributed by atoms with van der Waals surface area (Å²) < 4.78 is 69.2. The van der Waals surface area contributed by atoms with Crippen LogP contribution in [0.1, 0.15) is 46.5 Å². The zero-order chi connectivity index (χ0) is 44.9. The number of ether oxygens (including phenoxy) is 2. The molecule has 0 spiro atoms. The van der Waals surface area contributed by atoms with E-state index < -0.39 is 93.6 Å². The lowest BCUT2D eigenvalue weighted by Crippen LogP contribution is -2.60. The molecule has 5 atom stereocenters. The number of hydrogen-bond acceptors (Lipinski definition) is 12. The van der Waals surface area contributed by atoms with Crippen molar-refractivity contribution in [3.8, 4) is 22.8 Å². The van der Waals surface area contributed by atoms with Crippen LogP contribution in [0.2, 0.25) is 0 Å². The molecule has 2 saturated carbocycles. The van der Waals surface area contributed by atoms with E-state index in [-0.39, 0.29) is 19.4 Å². The minimum Gasteiger partial charge on any atom is -0.497 e. The predicted molar refractivity (Wildman–Crippen MR) is 229 cm³/mol. The third kappa shape index (κ3) is 8.48. The molecule has 3 amide bonds. The van der Waals surface area contributed by atoms with Crippen molar-refractivity contribution in [2.45, 2.75) is 80.3 Å². The summed E-state index contributed by atoms with van der Waals surface area (Å²) in [4.78, 5) is 60.0. The van der Waals surface area contributed by atoms with Crippen molar-refractivity contribution >= 4 is 54.4 Å². The number of nitro groups is 1. The summed E-state index contributed by atoms with van der Waals surface area (Å²) in [6.45, 7) is 8.41. The third-order valence-corrected chi connectivity index (χ3v) is 15.3. The monoisotopic (exact) mass is 888 g/mol. The highest BCUT2D eigenvalue weighted by atomic mass is 32.2. The van der Waals surface area contributed by atoms with Crippen LogP contribution < -0.4 is 19.5 Å². The number of carbonyl (C=O) groups excluding carboxylic acids is 3. The molecule has 17 nitrogen and oxygen atoms in total. The highest BCUT2D eigenvalue weighted by Crippen LogP contribution is 2.46. The first-order valence-corrected chi connectivity index (χ1v) is 22.9. The van der Waals surface area contributed by atoms with Crippen LogP contribution in [0.4, 0.5) is 5.69 Å². The number of nitro benzene ring substituents is 1. The number of nitrogens with one attached hydrogen (secondary N) is 2. The molecular formula is C43H48N6O11S2. The normalized spacial score (nSPS) is 21.8. The number of rotatable bonds is 15. The van der Waals surface area contributed by atoms with E-state index in [1.54, 1.807) is 45.0 Å². The summed E-state index contributed by atoms with van der Waals surface area (Å²) in [6.07, 6.45) is 1.27. The topological polar surface area (TPSA) is 225 Å². The Bertz CT molecular complexity index is 2690. The number of hydrogen-bond donors (Lipinski definition) is 2. The second kappa shape index (κ2) is 16.4. The molecule has 7 rings (SSSR count). The van der Waals surface area contributed by atoms with E-state index in [4.69, 9.17) is 14.5 Å². The molecule has 328 valence electrons. The number of likely N-dealkylation sites (tertiary alicyclic amines) is 1. The van der Waals surface area contributed by atoms with Gasteiger partial charge in [0.2, 0.25) is 31.9 Å². The van der Waals surface area contributed by atoms with Gasteiger partial charge in [-0.25, -0.2) is 21.8 Å². The number of methoxy groups -OCH3 is 1. The fourth-order valence-electron chi connectivity index (χ4n) is 8.08. The lowest BCUT2D eigenvalue weighted by molar-refractivity contribution is -0.387. The molecule has 2 N–H and O–H groups in total. The highest BCUT2D eigenvalue weighted by molar-refractivity contribution is 7.91. The number of sulfonamides is 2. The van der Waals surface area contributed by atoms with Gasteiger partial charge in [-0.3, -0.25) is 29.2 Å². The Morgan fingerprint density at radius 1 is 1.03 bits per heavy atom. The Balaban J connectivity index is 1.27. The Labute approximate surface area is 359 Å². The van der Waals surface area contributed by atoms with Crippen molar-refractivity contribution < 1.29 is 45.6 Å². The molecule has 3 aliphatic rings. The van der Waals surface area contributed by atoms with Gasteiger partial charge in [0.15, 0.2) is 4.90 Å². The fourth-order valence-corrected chi connectivity index (χ4v) is 11.1. The van der Waals surface area contributed by atoms with Crippen molar-refractivity contribution in [2.24, 2.45) is 11.3 Å². The van der Waals surface area contributed by atoms with Crippen LogP contribution in [-0.2, 0) is 34.4 Å². The van der Waals surface area contributed by atoms with E-state index in [1.807, 2.05) is 30.3 Å². The van der Waals surface area contributed by atoms with Gasteiger partial charge in [-0.2, -0.15) is 4.31 Å². The van der Waals surface area contributed by atoms with Gasteiger partial charge in [-0.05, 0) is 42.9 Å². The fraction of sp³-hybridized carbons (Fsp3) is 0.395. The number of aromatic nitrogens is 1. The summed E-state index contributed by atoms with van der Waals surface area (Å²) in [5.41, 5.74) is -1.64. The van der Waals surface area contributed by atoms with Gasteiger partial charge >= 0.3 is 0 Å². The number of benzene rings is 3. The SMILES string of the molecule is C=CC1C[C@]1(NC(=O)C1CC(Oc2cc(-c3ccccc3)nc3cc(OC)ccc23)CN1C(=O)[C@H](N(C)S(=O)(=O)c1ccccc1[N+](=O)[O-])C(C)(C)C)C(=O)NS(=O)(=O)C1CC1. The van der Waals surface area contributed by atoms with Crippen LogP contribution in [0.25, 0.3) is 22.2 Å². The van der Waals surface area contributed by atoms with Gasteiger partial charge in [-0.15, -0.1) is 6.58 Å². The van der Waals surface area contributed by atoms with Crippen LogP contribution in [0.3, 0.4) is 0 Å². The van der Waals surface area contributed by atoms with Crippen molar-refractivity contribution in [3.05, 3.63) is 102 Å². The number of pyridine rings is 1. The Morgan fingerprint density at radius 2 is 1.71 bits per heavy atom. The van der Waals surface area contributed by atoms with Crippen molar-refractivity contribution in [2.75, 3.05) is 20.7 Å². The van der Waals surface area contributed by atoms with Gasteiger partial charge in [0.05, 0.1) is 35.0 Å². The van der Waals surface area contributed by atoms with Crippen molar-refractivity contribution in [1.82, 2.24) is 24.2 Å². The molecule has 3 aromatic carbocycles. The average Bonchev–Trinajstić information content (AvgIpc) is 4.17. The number of amides is 3. The molecule has 62 heavy (non-hydrogen) atoms. The highest BCUT2D eigenvalue weighted by Gasteiger charge is 2.62. The first-order chi connectivity index (χ1) is 29.2. The van der Waals surface area contributed by atoms with Gasteiger partial charge in [-0.1, -0.05) is 69.3 Å². The summed E-state index contributed by atoms with van der Waals surface area (Å²) in [6, 6.07) is 18.3. The Hall–Kier alpha value is -5.92. The number of carbonyl (C=O) groups is 3. The summed E-state index contributed by atoms with van der Waals surface area (Å²) in [5.74, 6) is -2.26. The number of likely N-dealkylation sites (N-methyl/N-ethyl adjacent to an activating group) is 1. The van der Waals surface area contributed by atoms with Crippen LogP contribution in [0.5, 0.6) is 11.5 Å². The first-order valence-electron chi connectivity index (χ1n) is 19.9. The molecule has 1 aliphatic heterocycles. The van der Waals surface area contributed by atoms with Crippen LogP contribution in [0.15, 0.2) is 96.4 Å². The van der Waals surface area contributed by atoms with Gasteiger partial charge in [0.25, 0.3) is 11.6 Å². The Morgan fingerprint density at radius 3 is 2.32 bits per heavy atom. The van der Waals surface area contributed by atoms with Crippen molar-refractivity contribution in [1.29, 1.82) is 0 Å². The van der Waals surface area contributed by atoms with Crippen LogP contribution in [-0.4, -0.2) is 103 Å². The lowest BCUT2D eigenvalue weighted by Gasteiger charge is -2.39. The standard InChI is InChI=1S/C43H48N6O11S2/c1-7-27-24-43(27,41(52)46-61(55,56)30-18-19-30)45-39(50)35-22-29(60-36-23-32(26-13-9-8-10-14-26)44-33-21-28(59-6)17-20-31(33)36)25-48(35)40(51)38(42(2,3)4)47(5)62(57,58)37-16-12-11-15-34(37)49(53)54/h7-17,20-21,23,27,29-30,35,38H,1,18-19,22,24-25H2,2-6H3,(H,45,50)(H,46,52)/t27?,29?,35?,38-,43+/m0/s1. The van der Waals surface area contributed by atoms with Crippen LogP contribution >= 0.6 is 0 Å². The zero-order valence-corrected chi connectivity index (χ0v) is 36.4. The van der Waals surface area contributed by atoms with Gasteiger partial charge in [0, 0.05) is 48.5 Å². The molecule has 19 heteroatoms. The second-order valence-corrected chi connectivity index (χ2v) is 20.9. The summed E-state index contributed by atoms with van der Waals surface area (Å²) in [7, 11) is -6.04. The molecule has 2 aliphatic carbocycles. The average molecular weight is 889 g/mol. The van der Waals surface area contributed by atoms with E-state index in [9.17, 15) is 36.5 Å². The number of para-hydroxylation sites is 1. The molecule has 1 saturated heterocycles. The summed E-state index contributed by atoms with van der Waals surface area (Å²) >= 11 is 0. The molecule has 0 bridgehead atoms. The largest absolute Gasteiger partial charge is 0.497 e. The molecule has 1 aromatic heterocycles. The minimum absolute atomic E-state index is 0.0467. The maximum Gasteiger partial charge on any atom is 0.289 e. The maximum absolute atomic E-state index is 15.1. The zero-order valence-electron chi connectivity index (χ0n) is 34.8. The molecule has 3 fully saturated rings. The molecule has 2 heterocycles. The predicted octanol–water partition coefficient (Wildman–Crippen LogP) is 4.57. The third-order valence-electron chi connectivity index (χ3n) is 11.6. The lowest BCUT2D eigenvalue weighted by atomic mass is 9.85. The second-order valence-electron chi connectivity index (χ2n) is 16.9. The first kappa shape index (κ1) is 44.1. The van der Waals surface area contributed by atoms with E-state index >= 15 is 4.79 Å². The smallest absolute Gasteiger partial charge is 0.289 e. The Kier molecular flexibility index (Phi) is 11.7. The summed E-state index contributed by atoms with van der Waals surface area (Å²) in [5, 5.41) is 14.6. The molecule has 0 radical (unpaired) electrons. The quantitative estimate of drug-likeness (QED) is 0.0952. The van der Waals surface area contributed by atoms with E-state index in [1.165, 1.54) is 30.2 Å². The van der Waals surface area contributed by atoms with Crippen molar-refractivity contribution in [3.63, 3.8) is 0 Å². The molecular weight excluding hydrogens is 841 g/mol. The van der Waals surface area contributed by atoms with E-state index in [0.717, 1.165) is 29.0 Å². The van der Waals surface area contributed by atoms with Gasteiger partial charge in [0.1, 0.15) is 35.2 Å². The van der Waals surface area contributed by atoms with E-state index in [2.05, 4.69) is 16.6 Å². The molecule has 4 aromatic rings. The number of nitrogens with zero attached hydrogens (tertiary/aromatic N) is 4. The molecule has 3 unspecified atom stereocenters. The minimum atomic E-state index is -4.72. The van der Waals surface area contributed by atoms with Gasteiger partial charge < -0.3 is 19.7 Å². The maximum atomic E-state index is 15.1. The van der Waals surface area contributed by atoms with E-state index in [0.29, 0.717) is 40.9 Å².